The standard InChI is InChI=1S/C25H42N4O14/c1-3-39-24(33)28-19-37-15-13-35-11-7-26-22(31)42-17-21(41-10-6-5-9-30)18-43-23(32)27-8-12-36-14-16-38-20-29-25(34)40-4-2/h7-9,11-12,21H,3-6,10,13-20H2,1-2H3,(H,26,31)(H,27,32)(H,28,33)(H,29,34)/b11-7-,12-8-. The fourth-order valence-corrected chi connectivity index (χ4v) is 2.36. The number of carbonyl (C=O) groups excluding carboxylic acids is 5. The number of hydrogen-bond donors (Lipinski definition) is 4. The van der Waals surface area contributed by atoms with E-state index < -0.39 is 30.5 Å². The molecule has 0 radical (unpaired) electrons. The van der Waals surface area contributed by atoms with Crippen molar-refractivity contribution in [1.82, 2.24) is 21.3 Å². The Labute approximate surface area is 249 Å². The number of aldehydes is 1. The van der Waals surface area contributed by atoms with Gasteiger partial charge in [0.25, 0.3) is 0 Å². The van der Waals surface area contributed by atoms with Crippen molar-refractivity contribution in [1.29, 1.82) is 0 Å². The quantitative estimate of drug-likeness (QED) is 0.0370. The topological polar surface area (TPSA) is 217 Å². The largest absolute Gasteiger partial charge is 0.497 e. The molecule has 4 N–H and O–H groups in total. The van der Waals surface area contributed by atoms with Crippen molar-refractivity contribution in [3.8, 4) is 0 Å². The molecule has 0 unspecified atom stereocenters. The van der Waals surface area contributed by atoms with Gasteiger partial charge in [0.15, 0.2) is 0 Å². The van der Waals surface area contributed by atoms with Crippen molar-refractivity contribution in [3.05, 3.63) is 24.9 Å². The van der Waals surface area contributed by atoms with Crippen LogP contribution in [0.1, 0.15) is 26.7 Å². The molecule has 0 aliphatic carbocycles. The van der Waals surface area contributed by atoms with E-state index in [1.807, 2.05) is 0 Å². The van der Waals surface area contributed by atoms with E-state index in [0.29, 0.717) is 6.42 Å². The molecule has 43 heavy (non-hydrogen) atoms. The molecule has 18 nitrogen and oxygen atoms in total. The first kappa shape index (κ1) is 38.7. The van der Waals surface area contributed by atoms with Crippen LogP contribution in [0.3, 0.4) is 0 Å². The van der Waals surface area contributed by atoms with Gasteiger partial charge in [0.05, 0.1) is 39.0 Å². The molecule has 0 fully saturated rings. The summed E-state index contributed by atoms with van der Waals surface area (Å²) in [7, 11) is 0. The predicted octanol–water partition coefficient (Wildman–Crippen LogP) is 1.22. The smallest absolute Gasteiger partial charge is 0.411 e. The van der Waals surface area contributed by atoms with Gasteiger partial charge in [-0.05, 0) is 20.3 Å². The highest BCUT2D eigenvalue weighted by molar-refractivity contribution is 5.69. The number of carbonyl (C=O) groups is 5. The van der Waals surface area contributed by atoms with Crippen molar-refractivity contribution in [2.45, 2.75) is 32.8 Å². The first-order chi connectivity index (χ1) is 20.9. The lowest BCUT2D eigenvalue weighted by molar-refractivity contribution is -0.108. The molecule has 0 aromatic rings. The van der Waals surface area contributed by atoms with Gasteiger partial charge in [-0.25, -0.2) is 19.2 Å². The highest BCUT2D eigenvalue weighted by Crippen LogP contribution is 1.99. The minimum absolute atomic E-state index is 0.0403. The summed E-state index contributed by atoms with van der Waals surface area (Å²) >= 11 is 0. The summed E-state index contributed by atoms with van der Waals surface area (Å²) in [5.74, 6) is 0. The van der Waals surface area contributed by atoms with Crippen LogP contribution in [0.2, 0.25) is 0 Å². The van der Waals surface area contributed by atoms with Crippen LogP contribution in [0, 0.1) is 0 Å². The third-order valence-corrected chi connectivity index (χ3v) is 4.23. The first-order valence-electron chi connectivity index (χ1n) is 13.3. The minimum atomic E-state index is -0.818. The third-order valence-electron chi connectivity index (χ3n) is 4.23. The lowest BCUT2D eigenvalue weighted by Gasteiger charge is -2.17. The summed E-state index contributed by atoms with van der Waals surface area (Å²) in [5, 5.41) is 9.38. The molecule has 4 amide bonds. The zero-order valence-electron chi connectivity index (χ0n) is 24.4. The van der Waals surface area contributed by atoms with E-state index in [1.54, 1.807) is 13.8 Å². The van der Waals surface area contributed by atoms with Crippen LogP contribution in [0.15, 0.2) is 24.9 Å². The third kappa shape index (κ3) is 27.6. The molecular formula is C25H42N4O14. The van der Waals surface area contributed by atoms with Crippen LogP contribution in [0.5, 0.6) is 0 Å². The van der Waals surface area contributed by atoms with Gasteiger partial charge in [-0.3, -0.25) is 21.3 Å². The summed E-state index contributed by atoms with van der Waals surface area (Å²) in [4.78, 5) is 56.4. The first-order valence-corrected chi connectivity index (χ1v) is 13.3. The van der Waals surface area contributed by atoms with Crippen molar-refractivity contribution < 1.29 is 66.6 Å². The average molecular weight is 623 g/mol. The van der Waals surface area contributed by atoms with Crippen molar-refractivity contribution in [2.75, 3.05) is 72.9 Å². The Morgan fingerprint density at radius 1 is 0.651 bits per heavy atom. The monoisotopic (exact) mass is 622 g/mol. The Morgan fingerprint density at radius 2 is 1.14 bits per heavy atom. The zero-order valence-corrected chi connectivity index (χ0v) is 24.4. The summed E-state index contributed by atoms with van der Waals surface area (Å²) in [6.07, 6.45) is 2.66. The SMILES string of the molecule is CCOC(=O)NCOCCO/C=C\NC(=O)OCC(COC(=O)N/C=C\OCCOCNC(=O)OCC)OCCCC=O. The number of hydrogen-bond acceptors (Lipinski definition) is 14. The Kier molecular flexibility index (Phi) is 26.3. The average Bonchev–Trinajstić information content (AvgIpc) is 2.98. The molecule has 0 spiro atoms. The number of nitrogens with one attached hydrogen (secondary N) is 4. The molecule has 0 heterocycles. The number of unbranched alkanes of at least 4 members (excludes halogenated alkanes) is 1. The van der Waals surface area contributed by atoms with Crippen molar-refractivity contribution in [2.24, 2.45) is 0 Å². The molecule has 0 aliphatic rings. The van der Waals surface area contributed by atoms with Crippen LogP contribution in [-0.2, 0) is 47.4 Å². The van der Waals surface area contributed by atoms with Gasteiger partial charge >= 0.3 is 24.4 Å². The van der Waals surface area contributed by atoms with Gasteiger partial charge in [-0.15, -0.1) is 0 Å². The van der Waals surface area contributed by atoms with E-state index in [4.69, 9.17) is 33.2 Å². The van der Waals surface area contributed by atoms with Gasteiger partial charge in [0, 0.05) is 25.4 Å². The van der Waals surface area contributed by atoms with E-state index in [0.717, 1.165) is 6.29 Å². The summed E-state index contributed by atoms with van der Waals surface area (Å²) in [5.41, 5.74) is 0. The second kappa shape index (κ2) is 29.2. The lowest BCUT2D eigenvalue weighted by atomic mass is 10.3. The Hall–Kier alpha value is -4.29. The van der Waals surface area contributed by atoms with Crippen LogP contribution < -0.4 is 21.3 Å². The van der Waals surface area contributed by atoms with E-state index in [-0.39, 0.29) is 79.3 Å². The molecule has 0 saturated carbocycles. The predicted molar refractivity (Wildman–Crippen MR) is 146 cm³/mol. The zero-order chi connectivity index (χ0) is 31.8. The van der Waals surface area contributed by atoms with E-state index in [9.17, 15) is 24.0 Å². The number of alkyl carbamates (subject to hydrolysis) is 4. The van der Waals surface area contributed by atoms with Crippen molar-refractivity contribution >= 4 is 30.7 Å². The summed E-state index contributed by atoms with van der Waals surface area (Å²) in [6, 6.07) is 0. The van der Waals surface area contributed by atoms with Crippen LogP contribution in [0.25, 0.3) is 0 Å². The normalized spacial score (nSPS) is 10.7. The number of amides is 4. The van der Waals surface area contributed by atoms with Gasteiger partial charge in [0.1, 0.15) is 52.3 Å². The minimum Gasteiger partial charge on any atom is -0.497 e. The Morgan fingerprint density at radius 3 is 1.58 bits per heavy atom. The molecule has 0 aromatic heterocycles. The molecule has 18 heteroatoms. The van der Waals surface area contributed by atoms with Gasteiger partial charge in [-0.2, -0.15) is 0 Å². The highest BCUT2D eigenvalue weighted by Gasteiger charge is 2.15. The molecule has 0 atom stereocenters. The van der Waals surface area contributed by atoms with E-state index in [2.05, 4.69) is 30.7 Å². The number of rotatable bonds is 25. The molecule has 0 rings (SSSR count). The molecule has 246 valence electrons. The van der Waals surface area contributed by atoms with Crippen molar-refractivity contribution in [3.63, 3.8) is 0 Å². The van der Waals surface area contributed by atoms with Gasteiger partial charge in [-0.1, -0.05) is 0 Å². The maximum Gasteiger partial charge on any atom is 0.411 e. The Balaban J connectivity index is 4.14. The molecule has 0 saturated heterocycles. The van der Waals surface area contributed by atoms with E-state index in [1.165, 1.54) is 24.9 Å². The summed E-state index contributed by atoms with van der Waals surface area (Å²) < 4.78 is 45.4. The van der Waals surface area contributed by atoms with Crippen LogP contribution in [0.4, 0.5) is 19.2 Å². The molecular weight excluding hydrogens is 580 g/mol. The second-order valence-electron chi connectivity index (χ2n) is 7.53. The fourth-order valence-electron chi connectivity index (χ4n) is 2.36. The van der Waals surface area contributed by atoms with Crippen LogP contribution >= 0.6 is 0 Å². The Bertz CT molecular complexity index is 770. The molecule has 0 aromatic carbocycles. The fraction of sp³-hybridized carbons (Fsp3) is 0.640. The second-order valence-corrected chi connectivity index (χ2v) is 7.53. The van der Waals surface area contributed by atoms with Crippen LogP contribution in [-0.4, -0.2) is 110 Å². The maximum absolute atomic E-state index is 11.9. The molecule has 0 bridgehead atoms. The highest BCUT2D eigenvalue weighted by atomic mass is 16.6. The molecule has 0 aliphatic heterocycles. The van der Waals surface area contributed by atoms with Gasteiger partial charge in [0.2, 0.25) is 0 Å². The maximum atomic E-state index is 11.9. The lowest BCUT2D eigenvalue weighted by Crippen LogP contribution is -2.32. The van der Waals surface area contributed by atoms with E-state index >= 15 is 0 Å². The van der Waals surface area contributed by atoms with Gasteiger partial charge < -0.3 is 47.4 Å². The number of ether oxygens (including phenoxy) is 9. The summed E-state index contributed by atoms with van der Waals surface area (Å²) in [6.45, 7) is 4.12.